The summed E-state index contributed by atoms with van der Waals surface area (Å²) in [4.78, 5) is 13.9. The quantitative estimate of drug-likeness (QED) is 0.752. The molecule has 0 radical (unpaired) electrons. The Morgan fingerprint density at radius 1 is 1.29 bits per heavy atom. The number of carbonyl (C=O) groups excluding carboxylic acids is 1. The van der Waals surface area contributed by atoms with Gasteiger partial charge in [0.15, 0.2) is 0 Å². The Bertz CT molecular complexity index is 679. The molecule has 2 rings (SSSR count). The summed E-state index contributed by atoms with van der Waals surface area (Å²) in [6, 6.07) is 8.91. The van der Waals surface area contributed by atoms with Gasteiger partial charge in [0.05, 0.1) is 27.1 Å². The Labute approximate surface area is 140 Å². The summed E-state index contributed by atoms with van der Waals surface area (Å²) in [5, 5.41) is 9.24. The van der Waals surface area contributed by atoms with Crippen LogP contribution in [0.2, 0.25) is 0 Å². The van der Waals surface area contributed by atoms with E-state index in [-0.39, 0.29) is 19.1 Å². The SMILES string of the molecule is COc1ccc(CN(CCO)C(=O)/C=C/c2ccco2)c(OC)c1. The van der Waals surface area contributed by atoms with Crippen molar-refractivity contribution in [3.05, 3.63) is 54.0 Å². The van der Waals surface area contributed by atoms with Crippen LogP contribution in [-0.2, 0) is 11.3 Å². The summed E-state index contributed by atoms with van der Waals surface area (Å²) < 4.78 is 15.7. The molecular formula is C18H21NO5. The normalized spacial score (nSPS) is 10.8. The van der Waals surface area contributed by atoms with Gasteiger partial charge in [-0.2, -0.15) is 0 Å². The molecule has 1 N–H and O–H groups in total. The lowest BCUT2D eigenvalue weighted by molar-refractivity contribution is -0.127. The van der Waals surface area contributed by atoms with Gasteiger partial charge >= 0.3 is 0 Å². The summed E-state index contributed by atoms with van der Waals surface area (Å²) >= 11 is 0. The molecule has 0 aliphatic rings. The molecule has 0 spiro atoms. The van der Waals surface area contributed by atoms with Gasteiger partial charge in [0.2, 0.25) is 5.91 Å². The highest BCUT2D eigenvalue weighted by atomic mass is 16.5. The molecule has 0 atom stereocenters. The Morgan fingerprint density at radius 3 is 2.75 bits per heavy atom. The van der Waals surface area contributed by atoms with Crippen molar-refractivity contribution in [2.45, 2.75) is 6.54 Å². The highest BCUT2D eigenvalue weighted by molar-refractivity contribution is 5.91. The number of carbonyl (C=O) groups is 1. The van der Waals surface area contributed by atoms with Crippen LogP contribution in [0.4, 0.5) is 0 Å². The Morgan fingerprint density at radius 2 is 2.12 bits per heavy atom. The minimum atomic E-state index is -0.224. The highest BCUT2D eigenvalue weighted by Gasteiger charge is 2.14. The first kappa shape index (κ1) is 17.6. The maximum Gasteiger partial charge on any atom is 0.247 e. The van der Waals surface area contributed by atoms with Crippen LogP contribution in [0.15, 0.2) is 47.1 Å². The van der Waals surface area contributed by atoms with Gasteiger partial charge in [-0.05, 0) is 30.3 Å². The van der Waals surface area contributed by atoms with Crippen LogP contribution in [0, 0.1) is 0 Å². The first-order valence-corrected chi connectivity index (χ1v) is 7.50. The monoisotopic (exact) mass is 331 g/mol. The lowest BCUT2D eigenvalue weighted by Gasteiger charge is -2.21. The fraction of sp³-hybridized carbons (Fsp3) is 0.278. The molecule has 0 aliphatic carbocycles. The largest absolute Gasteiger partial charge is 0.497 e. The van der Waals surface area contributed by atoms with E-state index in [1.807, 2.05) is 6.07 Å². The summed E-state index contributed by atoms with van der Waals surface area (Å²) in [7, 11) is 3.14. The molecule has 0 saturated carbocycles. The van der Waals surface area contributed by atoms with E-state index in [0.29, 0.717) is 23.8 Å². The van der Waals surface area contributed by atoms with E-state index < -0.39 is 0 Å². The van der Waals surface area contributed by atoms with Gasteiger partial charge in [-0.3, -0.25) is 4.79 Å². The van der Waals surface area contributed by atoms with Crippen molar-refractivity contribution < 1.29 is 23.8 Å². The molecule has 0 unspecified atom stereocenters. The van der Waals surface area contributed by atoms with Gasteiger partial charge < -0.3 is 23.9 Å². The van der Waals surface area contributed by atoms with E-state index in [1.54, 1.807) is 44.6 Å². The van der Waals surface area contributed by atoms with Crippen molar-refractivity contribution in [3.63, 3.8) is 0 Å². The third-order valence-electron chi connectivity index (χ3n) is 3.47. The molecule has 1 aromatic carbocycles. The molecule has 0 aliphatic heterocycles. The number of hydrogen-bond acceptors (Lipinski definition) is 5. The molecule has 0 saturated heterocycles. The van der Waals surface area contributed by atoms with Gasteiger partial charge in [-0.15, -0.1) is 0 Å². The third-order valence-corrected chi connectivity index (χ3v) is 3.47. The Hall–Kier alpha value is -2.73. The number of amides is 1. The molecular weight excluding hydrogens is 310 g/mol. The van der Waals surface area contributed by atoms with Crippen LogP contribution in [0.25, 0.3) is 6.08 Å². The molecule has 6 heteroatoms. The number of hydrogen-bond donors (Lipinski definition) is 1. The van der Waals surface area contributed by atoms with E-state index in [1.165, 1.54) is 17.2 Å². The van der Waals surface area contributed by atoms with Crippen molar-refractivity contribution in [2.24, 2.45) is 0 Å². The molecule has 24 heavy (non-hydrogen) atoms. The number of nitrogens with zero attached hydrogens (tertiary/aromatic N) is 1. The molecule has 1 heterocycles. The first-order chi connectivity index (χ1) is 11.7. The van der Waals surface area contributed by atoms with Crippen LogP contribution in [0.5, 0.6) is 11.5 Å². The van der Waals surface area contributed by atoms with Crippen LogP contribution in [0.1, 0.15) is 11.3 Å². The summed E-state index contributed by atoms with van der Waals surface area (Å²) in [6.07, 6.45) is 4.56. The third kappa shape index (κ3) is 4.63. The van der Waals surface area contributed by atoms with Gasteiger partial charge in [-0.25, -0.2) is 0 Å². The predicted octanol–water partition coefficient (Wildman–Crippen LogP) is 2.33. The number of furan rings is 1. The Kier molecular flexibility index (Phi) is 6.45. The minimum Gasteiger partial charge on any atom is -0.497 e. The zero-order valence-electron chi connectivity index (χ0n) is 13.8. The lowest BCUT2D eigenvalue weighted by atomic mass is 10.1. The van der Waals surface area contributed by atoms with Crippen molar-refractivity contribution in [1.82, 2.24) is 4.90 Å². The van der Waals surface area contributed by atoms with Gasteiger partial charge in [0, 0.05) is 30.8 Å². The van der Waals surface area contributed by atoms with Crippen LogP contribution in [-0.4, -0.2) is 43.3 Å². The summed E-state index contributed by atoms with van der Waals surface area (Å²) in [5.41, 5.74) is 0.825. The second-order valence-electron chi connectivity index (χ2n) is 5.01. The number of methoxy groups -OCH3 is 2. The molecule has 0 fully saturated rings. The standard InChI is InChI=1S/C18H21NO5/c1-22-16-6-5-14(17(12-16)23-2)13-19(9-10-20)18(21)8-7-15-4-3-11-24-15/h3-8,11-12,20H,9-10,13H2,1-2H3/b8-7+. The lowest BCUT2D eigenvalue weighted by Crippen LogP contribution is -2.31. The summed E-state index contributed by atoms with van der Waals surface area (Å²) in [6.45, 7) is 0.407. The molecule has 1 amide bonds. The number of ether oxygens (including phenoxy) is 2. The fourth-order valence-electron chi connectivity index (χ4n) is 2.22. The highest BCUT2D eigenvalue weighted by Crippen LogP contribution is 2.25. The molecule has 6 nitrogen and oxygen atoms in total. The fourth-order valence-corrected chi connectivity index (χ4v) is 2.22. The van der Waals surface area contributed by atoms with E-state index in [9.17, 15) is 9.90 Å². The number of rotatable bonds is 8. The van der Waals surface area contributed by atoms with Gasteiger partial charge in [0.25, 0.3) is 0 Å². The molecule has 128 valence electrons. The van der Waals surface area contributed by atoms with Crippen molar-refractivity contribution in [2.75, 3.05) is 27.4 Å². The zero-order chi connectivity index (χ0) is 17.4. The molecule has 1 aromatic heterocycles. The number of benzene rings is 1. The first-order valence-electron chi connectivity index (χ1n) is 7.50. The van der Waals surface area contributed by atoms with Crippen molar-refractivity contribution in [1.29, 1.82) is 0 Å². The van der Waals surface area contributed by atoms with Crippen molar-refractivity contribution in [3.8, 4) is 11.5 Å². The van der Waals surface area contributed by atoms with E-state index >= 15 is 0 Å². The zero-order valence-corrected chi connectivity index (χ0v) is 13.8. The second-order valence-corrected chi connectivity index (χ2v) is 5.01. The van der Waals surface area contributed by atoms with E-state index in [0.717, 1.165) is 5.56 Å². The van der Waals surface area contributed by atoms with E-state index in [4.69, 9.17) is 13.9 Å². The Balaban J connectivity index is 2.14. The average Bonchev–Trinajstić information content (AvgIpc) is 3.13. The number of aliphatic hydroxyl groups is 1. The van der Waals surface area contributed by atoms with Gasteiger partial charge in [0.1, 0.15) is 17.3 Å². The average molecular weight is 331 g/mol. The van der Waals surface area contributed by atoms with Crippen LogP contribution in [0.3, 0.4) is 0 Å². The smallest absolute Gasteiger partial charge is 0.247 e. The maximum atomic E-state index is 12.4. The maximum absolute atomic E-state index is 12.4. The van der Waals surface area contributed by atoms with E-state index in [2.05, 4.69) is 0 Å². The van der Waals surface area contributed by atoms with Crippen LogP contribution >= 0.6 is 0 Å². The number of aliphatic hydroxyl groups excluding tert-OH is 1. The molecule has 0 bridgehead atoms. The predicted molar refractivity (Wildman–Crippen MR) is 89.8 cm³/mol. The minimum absolute atomic E-state index is 0.126. The molecule has 2 aromatic rings. The van der Waals surface area contributed by atoms with Crippen molar-refractivity contribution >= 4 is 12.0 Å². The summed E-state index contributed by atoms with van der Waals surface area (Å²) in [5.74, 6) is 1.67. The van der Waals surface area contributed by atoms with Crippen LogP contribution < -0.4 is 9.47 Å². The second kappa shape index (κ2) is 8.79. The topological polar surface area (TPSA) is 72.1 Å². The van der Waals surface area contributed by atoms with Gasteiger partial charge in [-0.1, -0.05) is 0 Å².